The zero-order valence-electron chi connectivity index (χ0n) is 14.0. The third-order valence-corrected chi connectivity index (χ3v) is 5.50. The molecular formula is C19H25N3O2. The van der Waals surface area contributed by atoms with Crippen LogP contribution in [0.25, 0.3) is 0 Å². The second kappa shape index (κ2) is 6.65. The van der Waals surface area contributed by atoms with Crippen molar-refractivity contribution in [1.82, 2.24) is 15.1 Å². The van der Waals surface area contributed by atoms with Crippen LogP contribution in [0.2, 0.25) is 0 Å². The molecule has 0 bridgehead atoms. The smallest absolute Gasteiger partial charge is 0.261 e. The van der Waals surface area contributed by atoms with E-state index in [1.54, 1.807) is 12.1 Å². The highest BCUT2D eigenvalue weighted by molar-refractivity contribution is 6.21. The Morgan fingerprint density at radius 3 is 2.12 bits per heavy atom. The molecule has 1 saturated carbocycles. The van der Waals surface area contributed by atoms with Gasteiger partial charge in [-0.25, -0.2) is 0 Å². The monoisotopic (exact) mass is 327 g/mol. The van der Waals surface area contributed by atoms with E-state index < -0.39 is 0 Å². The van der Waals surface area contributed by atoms with Gasteiger partial charge in [0, 0.05) is 19.1 Å². The lowest BCUT2D eigenvalue weighted by molar-refractivity contribution is 0.0628. The van der Waals surface area contributed by atoms with Gasteiger partial charge < -0.3 is 10.2 Å². The Balaban J connectivity index is 1.24. The van der Waals surface area contributed by atoms with Crippen molar-refractivity contribution >= 4 is 11.8 Å². The van der Waals surface area contributed by atoms with E-state index in [1.807, 2.05) is 12.1 Å². The van der Waals surface area contributed by atoms with Crippen LogP contribution in [0.5, 0.6) is 0 Å². The van der Waals surface area contributed by atoms with Crippen LogP contribution in [0.1, 0.15) is 46.4 Å². The number of carbonyl (C=O) groups excluding carboxylic acids is 2. The Morgan fingerprint density at radius 1 is 0.917 bits per heavy atom. The molecule has 0 unspecified atom stereocenters. The van der Waals surface area contributed by atoms with Gasteiger partial charge in [0.1, 0.15) is 0 Å². The number of carbonyl (C=O) groups is 2. The molecule has 128 valence electrons. The third-order valence-electron chi connectivity index (χ3n) is 5.50. The van der Waals surface area contributed by atoms with Crippen molar-refractivity contribution in [2.45, 2.75) is 31.7 Å². The second-order valence-electron chi connectivity index (χ2n) is 7.28. The normalized spacial score (nSPS) is 22.2. The van der Waals surface area contributed by atoms with Crippen LogP contribution in [-0.2, 0) is 0 Å². The van der Waals surface area contributed by atoms with E-state index in [0.717, 1.165) is 38.4 Å². The molecular weight excluding hydrogens is 302 g/mol. The molecule has 5 nitrogen and oxygen atoms in total. The largest absolute Gasteiger partial charge is 0.314 e. The van der Waals surface area contributed by atoms with Crippen molar-refractivity contribution in [3.05, 3.63) is 35.4 Å². The molecule has 1 aliphatic carbocycles. The Bertz CT molecular complexity index is 598. The predicted octanol–water partition coefficient (Wildman–Crippen LogP) is 1.75. The van der Waals surface area contributed by atoms with Crippen LogP contribution in [0, 0.1) is 5.92 Å². The minimum atomic E-state index is -0.142. The summed E-state index contributed by atoms with van der Waals surface area (Å²) >= 11 is 0. The van der Waals surface area contributed by atoms with Crippen molar-refractivity contribution in [3.8, 4) is 0 Å². The van der Waals surface area contributed by atoms with Gasteiger partial charge in [0.2, 0.25) is 0 Å². The van der Waals surface area contributed by atoms with Gasteiger partial charge in [-0.15, -0.1) is 0 Å². The van der Waals surface area contributed by atoms with Crippen molar-refractivity contribution in [3.63, 3.8) is 0 Å². The van der Waals surface area contributed by atoms with E-state index in [1.165, 1.54) is 24.3 Å². The molecule has 0 atom stereocenters. The zero-order chi connectivity index (χ0) is 16.5. The molecule has 0 radical (unpaired) electrons. The summed E-state index contributed by atoms with van der Waals surface area (Å²) in [7, 11) is 0. The number of nitrogens with one attached hydrogen (secondary N) is 1. The van der Waals surface area contributed by atoms with E-state index in [0.29, 0.717) is 23.7 Å². The Morgan fingerprint density at radius 2 is 1.54 bits per heavy atom. The van der Waals surface area contributed by atoms with Crippen molar-refractivity contribution in [2.24, 2.45) is 5.92 Å². The van der Waals surface area contributed by atoms with Gasteiger partial charge in [0.15, 0.2) is 0 Å². The molecule has 5 heteroatoms. The molecule has 2 amide bonds. The van der Waals surface area contributed by atoms with Crippen LogP contribution in [0.15, 0.2) is 24.3 Å². The number of piperidine rings is 1. The summed E-state index contributed by atoms with van der Waals surface area (Å²) < 4.78 is 0. The summed E-state index contributed by atoms with van der Waals surface area (Å²) in [5.41, 5.74) is 1.09. The zero-order valence-corrected chi connectivity index (χ0v) is 14.0. The van der Waals surface area contributed by atoms with Gasteiger partial charge >= 0.3 is 0 Å². The Hall–Kier alpha value is -1.72. The maximum atomic E-state index is 12.4. The first-order valence-corrected chi connectivity index (χ1v) is 9.13. The SMILES string of the molecule is O=C1c2ccccc2C(=O)N1CCN1CCC(NCC2CC2)CC1. The first-order valence-electron chi connectivity index (χ1n) is 9.13. The molecule has 3 aliphatic rings. The average Bonchev–Trinajstić information content (AvgIpc) is 3.41. The lowest BCUT2D eigenvalue weighted by Gasteiger charge is -2.33. The number of fused-ring (bicyclic) bond motifs is 1. The fourth-order valence-corrected chi connectivity index (χ4v) is 3.70. The standard InChI is InChI=1S/C19H25N3O2/c23-18-16-3-1-2-4-17(16)19(24)22(18)12-11-21-9-7-15(8-10-21)20-13-14-5-6-14/h1-4,14-15,20H,5-13H2. The number of benzene rings is 1. The molecule has 1 N–H and O–H groups in total. The average molecular weight is 327 g/mol. The topological polar surface area (TPSA) is 52.7 Å². The number of nitrogens with zero attached hydrogens (tertiary/aromatic N) is 2. The van der Waals surface area contributed by atoms with E-state index in [2.05, 4.69) is 10.2 Å². The summed E-state index contributed by atoms with van der Waals surface area (Å²) in [6.07, 6.45) is 5.11. The highest BCUT2D eigenvalue weighted by atomic mass is 16.2. The van der Waals surface area contributed by atoms with E-state index in [9.17, 15) is 9.59 Å². The lowest BCUT2D eigenvalue weighted by Crippen LogP contribution is -2.46. The molecule has 2 heterocycles. The van der Waals surface area contributed by atoms with Gasteiger partial charge in [-0.05, 0) is 63.4 Å². The summed E-state index contributed by atoms with van der Waals surface area (Å²) in [6, 6.07) is 7.75. The predicted molar refractivity (Wildman–Crippen MR) is 92.0 cm³/mol. The molecule has 1 aromatic rings. The molecule has 0 aromatic heterocycles. The molecule has 1 aromatic carbocycles. The van der Waals surface area contributed by atoms with Crippen LogP contribution < -0.4 is 5.32 Å². The first kappa shape index (κ1) is 15.8. The molecule has 1 saturated heterocycles. The molecule has 2 aliphatic heterocycles. The Labute approximate surface area is 143 Å². The second-order valence-corrected chi connectivity index (χ2v) is 7.28. The summed E-state index contributed by atoms with van der Waals surface area (Å²) in [5.74, 6) is 0.644. The Kier molecular flexibility index (Phi) is 4.37. The highest BCUT2D eigenvalue weighted by Gasteiger charge is 2.35. The molecule has 4 rings (SSSR count). The fraction of sp³-hybridized carbons (Fsp3) is 0.579. The molecule has 2 fully saturated rings. The van der Waals surface area contributed by atoms with Crippen molar-refractivity contribution in [1.29, 1.82) is 0 Å². The number of amides is 2. The quantitative estimate of drug-likeness (QED) is 0.809. The van der Waals surface area contributed by atoms with E-state index in [-0.39, 0.29) is 11.8 Å². The minimum absolute atomic E-state index is 0.142. The third kappa shape index (κ3) is 3.23. The maximum Gasteiger partial charge on any atom is 0.261 e. The van der Waals surface area contributed by atoms with Crippen LogP contribution >= 0.6 is 0 Å². The number of likely N-dealkylation sites (tertiary alicyclic amines) is 1. The summed E-state index contributed by atoms with van der Waals surface area (Å²) in [5, 5.41) is 3.68. The van der Waals surface area contributed by atoms with E-state index in [4.69, 9.17) is 0 Å². The maximum absolute atomic E-state index is 12.4. The number of imide groups is 1. The van der Waals surface area contributed by atoms with Crippen LogP contribution in [0.3, 0.4) is 0 Å². The fourth-order valence-electron chi connectivity index (χ4n) is 3.70. The molecule has 24 heavy (non-hydrogen) atoms. The van der Waals surface area contributed by atoms with Crippen LogP contribution in [0.4, 0.5) is 0 Å². The van der Waals surface area contributed by atoms with Gasteiger partial charge in [-0.3, -0.25) is 14.5 Å². The van der Waals surface area contributed by atoms with Gasteiger partial charge in [0.25, 0.3) is 11.8 Å². The first-order chi connectivity index (χ1) is 11.7. The number of hydrogen-bond acceptors (Lipinski definition) is 4. The van der Waals surface area contributed by atoms with Crippen molar-refractivity contribution in [2.75, 3.05) is 32.7 Å². The van der Waals surface area contributed by atoms with Crippen molar-refractivity contribution < 1.29 is 9.59 Å². The summed E-state index contributed by atoms with van der Waals surface area (Å²) in [6.45, 7) is 4.55. The van der Waals surface area contributed by atoms with Crippen LogP contribution in [-0.4, -0.2) is 60.4 Å². The van der Waals surface area contributed by atoms with Gasteiger partial charge in [-0.2, -0.15) is 0 Å². The highest BCUT2D eigenvalue weighted by Crippen LogP contribution is 2.28. The number of rotatable bonds is 6. The van der Waals surface area contributed by atoms with Gasteiger partial charge in [-0.1, -0.05) is 12.1 Å². The molecule has 0 spiro atoms. The minimum Gasteiger partial charge on any atom is -0.314 e. The number of hydrogen-bond donors (Lipinski definition) is 1. The van der Waals surface area contributed by atoms with E-state index >= 15 is 0 Å². The lowest BCUT2D eigenvalue weighted by atomic mass is 10.0. The summed E-state index contributed by atoms with van der Waals surface area (Å²) in [4.78, 5) is 28.5. The van der Waals surface area contributed by atoms with Gasteiger partial charge in [0.05, 0.1) is 11.1 Å².